The van der Waals surface area contributed by atoms with Gasteiger partial charge in [0.2, 0.25) is 5.95 Å². The van der Waals surface area contributed by atoms with Gasteiger partial charge in [-0.2, -0.15) is 15.1 Å². The van der Waals surface area contributed by atoms with Gasteiger partial charge in [0, 0.05) is 24.7 Å². The average molecular weight is 506 g/mol. The molecule has 0 fully saturated rings. The molecule has 3 heterocycles. The molecule has 1 aliphatic carbocycles. The molecule has 0 saturated heterocycles. The molecule has 3 aromatic heterocycles. The van der Waals surface area contributed by atoms with Crippen LogP contribution in [-0.4, -0.2) is 40.8 Å². The highest BCUT2D eigenvalue weighted by molar-refractivity contribution is 5.89. The molecule has 4 aromatic rings. The van der Waals surface area contributed by atoms with Gasteiger partial charge in [0.1, 0.15) is 12.1 Å². The number of carbonyl (C=O) groups excluding carboxylic acids is 1. The molecule has 2 N–H and O–H groups in total. The second-order valence-electron chi connectivity index (χ2n) is 10.1. The number of aromatic nitrogens is 7. The number of hydrogen-bond acceptors (Lipinski definition) is 9. The zero-order valence-electron chi connectivity index (χ0n) is 21.1. The summed E-state index contributed by atoms with van der Waals surface area (Å²) in [7, 11) is 1.80. The van der Waals surface area contributed by atoms with Crippen molar-refractivity contribution in [3.05, 3.63) is 59.4 Å². The standard InChI is InChI=1S/C25H28FN9O2/c1-25(2,3)23-32-22(37-34-23)21(36)29-17-8-6-5-7-15-14(17)9-10-16(19(15)26)20-27-13-28-24(31-20)30-18-11-12-35(4)33-18/h9-13,17H,5-8H2,1-4H3,(H,29,36)(H,27,28,30,31,33)/t17-/m1/s1. The van der Waals surface area contributed by atoms with Crippen LogP contribution in [0.5, 0.6) is 0 Å². The maximum absolute atomic E-state index is 15.9. The summed E-state index contributed by atoms with van der Waals surface area (Å²) in [5.74, 6) is 0.497. The molecule has 0 radical (unpaired) electrons. The molecule has 37 heavy (non-hydrogen) atoms. The first-order chi connectivity index (χ1) is 17.7. The van der Waals surface area contributed by atoms with Crippen molar-refractivity contribution in [2.24, 2.45) is 7.05 Å². The van der Waals surface area contributed by atoms with E-state index in [-0.39, 0.29) is 28.6 Å². The molecule has 0 aliphatic heterocycles. The van der Waals surface area contributed by atoms with E-state index in [1.165, 1.54) is 6.33 Å². The van der Waals surface area contributed by atoms with Crippen molar-refractivity contribution < 1.29 is 13.7 Å². The van der Waals surface area contributed by atoms with E-state index in [1.54, 1.807) is 30.1 Å². The summed E-state index contributed by atoms with van der Waals surface area (Å²) in [6.07, 6.45) is 5.95. The molecule has 5 rings (SSSR count). The Morgan fingerprint density at radius 2 is 2.00 bits per heavy atom. The predicted octanol–water partition coefficient (Wildman–Crippen LogP) is 4.03. The molecular weight excluding hydrogens is 477 g/mol. The third-order valence-electron chi connectivity index (χ3n) is 6.19. The molecule has 192 valence electrons. The molecule has 1 amide bonds. The van der Waals surface area contributed by atoms with Gasteiger partial charge in [0.05, 0.1) is 11.6 Å². The number of amides is 1. The van der Waals surface area contributed by atoms with Crippen LogP contribution in [0, 0.1) is 5.82 Å². The molecule has 1 aromatic carbocycles. The van der Waals surface area contributed by atoms with E-state index in [1.807, 2.05) is 26.8 Å². The Labute approximate surface area is 212 Å². The lowest BCUT2D eigenvalue weighted by molar-refractivity contribution is 0.0890. The van der Waals surface area contributed by atoms with Gasteiger partial charge < -0.3 is 15.2 Å². The molecule has 12 heteroatoms. The molecule has 0 bridgehead atoms. The molecule has 0 unspecified atom stereocenters. The van der Waals surface area contributed by atoms with Crippen LogP contribution in [0.2, 0.25) is 0 Å². The van der Waals surface area contributed by atoms with Crippen molar-refractivity contribution >= 4 is 17.7 Å². The number of carbonyl (C=O) groups is 1. The minimum atomic E-state index is -0.479. The fraction of sp³-hybridized carbons (Fsp3) is 0.400. The lowest BCUT2D eigenvalue weighted by Gasteiger charge is -2.20. The highest BCUT2D eigenvalue weighted by atomic mass is 19.1. The molecule has 0 saturated carbocycles. The van der Waals surface area contributed by atoms with Gasteiger partial charge in [-0.15, -0.1) is 0 Å². The SMILES string of the molecule is Cn1ccc(Nc2ncnc(-c3ccc4c(c3F)CCCC[C@H]4NC(=O)c3nc(C(C)(C)C)no3)n2)n1. The summed E-state index contributed by atoms with van der Waals surface area (Å²) >= 11 is 0. The van der Waals surface area contributed by atoms with Crippen LogP contribution in [0.1, 0.15) is 73.7 Å². The van der Waals surface area contributed by atoms with Gasteiger partial charge in [-0.1, -0.05) is 38.4 Å². The van der Waals surface area contributed by atoms with E-state index in [9.17, 15) is 4.79 Å². The van der Waals surface area contributed by atoms with Crippen molar-refractivity contribution in [3.63, 3.8) is 0 Å². The van der Waals surface area contributed by atoms with E-state index >= 15 is 4.39 Å². The third-order valence-corrected chi connectivity index (χ3v) is 6.19. The van der Waals surface area contributed by atoms with E-state index < -0.39 is 17.8 Å². The fourth-order valence-electron chi connectivity index (χ4n) is 4.27. The van der Waals surface area contributed by atoms with Gasteiger partial charge in [-0.25, -0.2) is 14.4 Å². The Morgan fingerprint density at radius 1 is 1.16 bits per heavy atom. The van der Waals surface area contributed by atoms with Gasteiger partial charge in [0.25, 0.3) is 0 Å². The minimum Gasteiger partial charge on any atom is -0.341 e. The molecule has 11 nitrogen and oxygen atoms in total. The first-order valence-electron chi connectivity index (χ1n) is 12.1. The summed E-state index contributed by atoms with van der Waals surface area (Å²) < 4.78 is 22.7. The predicted molar refractivity (Wildman–Crippen MR) is 132 cm³/mol. The Bertz CT molecular complexity index is 1440. The smallest absolute Gasteiger partial charge is 0.315 e. The second kappa shape index (κ2) is 9.68. The van der Waals surface area contributed by atoms with E-state index in [2.05, 4.69) is 40.8 Å². The summed E-state index contributed by atoms with van der Waals surface area (Å²) in [4.78, 5) is 29.8. The summed E-state index contributed by atoms with van der Waals surface area (Å²) in [5.41, 5.74) is 1.19. The van der Waals surface area contributed by atoms with Crippen LogP contribution in [0.15, 0.2) is 35.2 Å². The molecule has 1 atom stereocenters. The first kappa shape index (κ1) is 24.5. The molecule has 1 aliphatic rings. The topological polar surface area (TPSA) is 137 Å². The quantitative estimate of drug-likeness (QED) is 0.385. The first-order valence-corrected chi connectivity index (χ1v) is 12.1. The molecular formula is C25H28FN9O2. The van der Waals surface area contributed by atoms with Gasteiger partial charge >= 0.3 is 11.8 Å². The van der Waals surface area contributed by atoms with Crippen molar-refractivity contribution in [2.45, 2.75) is 57.9 Å². The van der Waals surface area contributed by atoms with Crippen molar-refractivity contribution in [1.82, 2.24) is 40.2 Å². The van der Waals surface area contributed by atoms with Crippen LogP contribution in [0.25, 0.3) is 11.4 Å². The van der Waals surface area contributed by atoms with Gasteiger partial charge in [-0.05, 0) is 36.5 Å². The Hall–Kier alpha value is -4.22. The van der Waals surface area contributed by atoms with Crippen LogP contribution in [0.3, 0.4) is 0 Å². The van der Waals surface area contributed by atoms with Crippen LogP contribution >= 0.6 is 0 Å². The Balaban J connectivity index is 1.41. The monoisotopic (exact) mass is 505 g/mol. The number of rotatable bonds is 5. The van der Waals surface area contributed by atoms with Gasteiger partial charge in [0.15, 0.2) is 17.5 Å². The number of nitrogens with zero attached hydrogens (tertiary/aromatic N) is 7. The number of aryl methyl sites for hydroxylation is 1. The number of hydrogen-bond donors (Lipinski definition) is 2. The van der Waals surface area contributed by atoms with E-state index in [0.717, 1.165) is 18.4 Å². The molecule has 0 spiro atoms. The minimum absolute atomic E-state index is 0.106. The van der Waals surface area contributed by atoms with E-state index in [4.69, 9.17) is 4.52 Å². The number of nitrogens with one attached hydrogen (secondary N) is 2. The zero-order valence-corrected chi connectivity index (χ0v) is 21.1. The summed E-state index contributed by atoms with van der Waals surface area (Å²) in [6.45, 7) is 5.81. The van der Waals surface area contributed by atoms with Crippen LogP contribution in [-0.2, 0) is 18.9 Å². The Morgan fingerprint density at radius 3 is 2.73 bits per heavy atom. The van der Waals surface area contributed by atoms with Gasteiger partial charge in [-0.3, -0.25) is 9.48 Å². The Kier molecular flexibility index (Phi) is 6.40. The second-order valence-corrected chi connectivity index (χ2v) is 10.1. The summed E-state index contributed by atoms with van der Waals surface area (Å²) in [6, 6.07) is 4.86. The number of benzene rings is 1. The maximum Gasteiger partial charge on any atom is 0.315 e. The zero-order chi connectivity index (χ0) is 26.2. The highest BCUT2D eigenvalue weighted by Crippen LogP contribution is 2.34. The lowest BCUT2D eigenvalue weighted by Crippen LogP contribution is -2.29. The van der Waals surface area contributed by atoms with Crippen LogP contribution in [0.4, 0.5) is 16.2 Å². The lowest BCUT2D eigenvalue weighted by atomic mass is 9.95. The highest BCUT2D eigenvalue weighted by Gasteiger charge is 2.28. The average Bonchev–Trinajstić information content (AvgIpc) is 3.46. The van der Waals surface area contributed by atoms with Crippen molar-refractivity contribution in [2.75, 3.05) is 5.32 Å². The third kappa shape index (κ3) is 5.18. The fourth-order valence-corrected chi connectivity index (χ4v) is 4.27. The number of fused-ring (bicyclic) bond motifs is 1. The largest absolute Gasteiger partial charge is 0.341 e. The van der Waals surface area contributed by atoms with Crippen LogP contribution < -0.4 is 10.6 Å². The maximum atomic E-state index is 15.9. The van der Waals surface area contributed by atoms with E-state index in [0.29, 0.717) is 30.0 Å². The normalized spacial score (nSPS) is 15.6. The van der Waals surface area contributed by atoms with Crippen molar-refractivity contribution in [3.8, 4) is 11.4 Å². The van der Waals surface area contributed by atoms with Crippen molar-refractivity contribution in [1.29, 1.82) is 0 Å². The summed E-state index contributed by atoms with van der Waals surface area (Å²) in [5, 5.41) is 14.1. The number of halogens is 1. The number of anilines is 2.